The van der Waals surface area contributed by atoms with E-state index in [2.05, 4.69) is 10.3 Å². The molecule has 0 radical (unpaired) electrons. The summed E-state index contributed by atoms with van der Waals surface area (Å²) < 4.78 is 19.6. The largest absolute Gasteiger partial charge is 0.455 e. The van der Waals surface area contributed by atoms with Crippen molar-refractivity contribution in [3.05, 3.63) is 77.4 Å². The van der Waals surface area contributed by atoms with Crippen molar-refractivity contribution in [2.45, 2.75) is 13.5 Å². The van der Waals surface area contributed by atoms with Gasteiger partial charge in [-0.15, -0.1) is 5.10 Å². The third-order valence-electron chi connectivity index (χ3n) is 3.27. The molecule has 0 N–H and O–H groups in total. The van der Waals surface area contributed by atoms with E-state index in [1.54, 1.807) is 10.9 Å². The highest BCUT2D eigenvalue weighted by Gasteiger charge is 2.09. The Labute approximate surface area is 132 Å². The second-order valence-electron chi connectivity index (χ2n) is 5.07. The molecule has 1 aromatic heterocycles. The lowest BCUT2D eigenvalue weighted by atomic mass is 10.2. The van der Waals surface area contributed by atoms with Crippen LogP contribution in [0.3, 0.4) is 0 Å². The van der Waals surface area contributed by atoms with Crippen LogP contribution in [-0.2, 0) is 11.3 Å². The number of carbonyl (C=O) groups is 1. The molecule has 116 valence electrons. The van der Waals surface area contributed by atoms with Crippen LogP contribution < -0.4 is 0 Å². The number of hydrogen-bond donors (Lipinski definition) is 0. The molecule has 2 aromatic carbocycles. The van der Waals surface area contributed by atoms with Crippen molar-refractivity contribution in [1.29, 1.82) is 0 Å². The Hall–Kier alpha value is -3.02. The Bertz CT molecular complexity index is 811. The first-order chi connectivity index (χ1) is 11.1. The summed E-state index contributed by atoms with van der Waals surface area (Å²) in [5.41, 5.74) is 2.85. The second kappa shape index (κ2) is 6.39. The van der Waals surface area contributed by atoms with Crippen molar-refractivity contribution in [2.75, 3.05) is 0 Å². The van der Waals surface area contributed by atoms with Gasteiger partial charge in [-0.1, -0.05) is 22.9 Å². The molecule has 0 amide bonds. The van der Waals surface area contributed by atoms with E-state index < -0.39 is 11.8 Å². The van der Waals surface area contributed by atoms with Crippen LogP contribution in [0.4, 0.5) is 4.39 Å². The maximum Gasteiger partial charge on any atom is 0.338 e. The first-order valence-electron chi connectivity index (χ1n) is 7.03. The van der Waals surface area contributed by atoms with Crippen molar-refractivity contribution in [2.24, 2.45) is 0 Å². The summed E-state index contributed by atoms with van der Waals surface area (Å²) in [6.07, 6.45) is 1.70. The van der Waals surface area contributed by atoms with Crippen LogP contribution in [0.2, 0.25) is 0 Å². The SMILES string of the molecule is Cc1ccc(-n2cc(COC(=O)c3ccc(F)cc3)nn2)cc1. The smallest absolute Gasteiger partial charge is 0.338 e. The third kappa shape index (κ3) is 3.60. The van der Waals surface area contributed by atoms with E-state index in [1.165, 1.54) is 24.3 Å². The summed E-state index contributed by atoms with van der Waals surface area (Å²) in [5.74, 6) is -0.933. The van der Waals surface area contributed by atoms with E-state index in [9.17, 15) is 9.18 Å². The topological polar surface area (TPSA) is 57.0 Å². The molecule has 3 rings (SSSR count). The molecule has 0 saturated heterocycles. The van der Waals surface area contributed by atoms with Gasteiger partial charge in [-0.05, 0) is 43.3 Å². The number of hydrogen-bond acceptors (Lipinski definition) is 4. The maximum absolute atomic E-state index is 12.8. The number of rotatable bonds is 4. The Kier molecular flexibility index (Phi) is 4.14. The monoisotopic (exact) mass is 311 g/mol. The third-order valence-corrected chi connectivity index (χ3v) is 3.27. The fourth-order valence-corrected chi connectivity index (χ4v) is 2.00. The highest BCUT2D eigenvalue weighted by molar-refractivity contribution is 5.89. The first kappa shape index (κ1) is 14.9. The Morgan fingerprint density at radius 2 is 1.83 bits per heavy atom. The zero-order valence-corrected chi connectivity index (χ0v) is 12.4. The molecule has 0 unspecified atom stereocenters. The Morgan fingerprint density at radius 1 is 1.13 bits per heavy atom. The van der Waals surface area contributed by atoms with Crippen molar-refractivity contribution < 1.29 is 13.9 Å². The molecule has 0 aliphatic carbocycles. The molecule has 6 heteroatoms. The van der Waals surface area contributed by atoms with Gasteiger partial charge in [-0.2, -0.15) is 0 Å². The van der Waals surface area contributed by atoms with Crippen LogP contribution in [0.1, 0.15) is 21.6 Å². The van der Waals surface area contributed by atoms with Crippen molar-refractivity contribution >= 4 is 5.97 Å². The van der Waals surface area contributed by atoms with Crippen LogP contribution in [0, 0.1) is 12.7 Å². The predicted molar refractivity (Wildman–Crippen MR) is 81.6 cm³/mol. The van der Waals surface area contributed by atoms with Gasteiger partial charge in [0.25, 0.3) is 0 Å². The van der Waals surface area contributed by atoms with Gasteiger partial charge in [-0.25, -0.2) is 13.9 Å². The predicted octanol–water partition coefficient (Wildman–Crippen LogP) is 3.07. The lowest BCUT2D eigenvalue weighted by Gasteiger charge is -2.02. The van der Waals surface area contributed by atoms with E-state index in [-0.39, 0.29) is 12.2 Å². The molecule has 1 heterocycles. The maximum atomic E-state index is 12.8. The van der Waals surface area contributed by atoms with Gasteiger partial charge in [0.05, 0.1) is 17.4 Å². The molecule has 3 aromatic rings. The summed E-state index contributed by atoms with van der Waals surface area (Å²) in [6.45, 7) is 2.01. The Balaban J connectivity index is 1.64. The quantitative estimate of drug-likeness (QED) is 0.695. The van der Waals surface area contributed by atoms with Crippen LogP contribution in [0.5, 0.6) is 0 Å². The minimum atomic E-state index is -0.533. The van der Waals surface area contributed by atoms with Crippen LogP contribution >= 0.6 is 0 Å². The van der Waals surface area contributed by atoms with Gasteiger partial charge in [0, 0.05) is 0 Å². The number of aromatic nitrogens is 3. The average molecular weight is 311 g/mol. The summed E-state index contributed by atoms with van der Waals surface area (Å²) >= 11 is 0. The molecule has 5 nitrogen and oxygen atoms in total. The zero-order chi connectivity index (χ0) is 16.2. The average Bonchev–Trinajstić information content (AvgIpc) is 3.03. The number of halogens is 1. The van der Waals surface area contributed by atoms with Crippen molar-refractivity contribution in [3.63, 3.8) is 0 Å². The lowest BCUT2D eigenvalue weighted by molar-refractivity contribution is 0.0467. The molecule has 23 heavy (non-hydrogen) atoms. The van der Waals surface area contributed by atoms with Crippen LogP contribution in [0.25, 0.3) is 5.69 Å². The van der Waals surface area contributed by atoms with E-state index in [0.717, 1.165) is 11.3 Å². The summed E-state index contributed by atoms with van der Waals surface area (Å²) in [7, 11) is 0. The molecule has 0 saturated carbocycles. The van der Waals surface area contributed by atoms with E-state index in [4.69, 9.17) is 4.74 Å². The van der Waals surface area contributed by atoms with Gasteiger partial charge >= 0.3 is 5.97 Å². The molecular weight excluding hydrogens is 297 g/mol. The fraction of sp³-hybridized carbons (Fsp3) is 0.118. The fourth-order valence-electron chi connectivity index (χ4n) is 2.00. The number of ether oxygens (including phenoxy) is 1. The standard InChI is InChI=1S/C17H14FN3O2/c1-12-2-8-16(9-3-12)21-10-15(19-20-21)11-23-17(22)13-4-6-14(18)7-5-13/h2-10H,11H2,1H3. The summed E-state index contributed by atoms with van der Waals surface area (Å²) in [4.78, 5) is 11.8. The molecule has 0 aliphatic heterocycles. The van der Waals surface area contributed by atoms with Gasteiger partial charge in [0.1, 0.15) is 18.1 Å². The Morgan fingerprint density at radius 3 is 2.52 bits per heavy atom. The van der Waals surface area contributed by atoms with Gasteiger partial charge < -0.3 is 4.74 Å². The number of benzene rings is 2. The van der Waals surface area contributed by atoms with Crippen molar-refractivity contribution in [1.82, 2.24) is 15.0 Å². The number of esters is 1. The zero-order valence-electron chi connectivity index (χ0n) is 12.4. The molecule has 0 fully saturated rings. The van der Waals surface area contributed by atoms with Crippen LogP contribution in [0.15, 0.2) is 54.7 Å². The van der Waals surface area contributed by atoms with E-state index in [0.29, 0.717) is 5.69 Å². The van der Waals surface area contributed by atoms with E-state index in [1.807, 2.05) is 31.2 Å². The summed E-state index contributed by atoms with van der Waals surface area (Å²) in [6, 6.07) is 13.0. The van der Waals surface area contributed by atoms with Gasteiger partial charge in [-0.3, -0.25) is 0 Å². The lowest BCUT2D eigenvalue weighted by Crippen LogP contribution is -2.05. The second-order valence-corrected chi connectivity index (χ2v) is 5.07. The highest BCUT2D eigenvalue weighted by Crippen LogP contribution is 2.10. The molecule has 0 bridgehead atoms. The number of nitrogens with zero attached hydrogens (tertiary/aromatic N) is 3. The van der Waals surface area contributed by atoms with Crippen molar-refractivity contribution in [3.8, 4) is 5.69 Å². The molecular formula is C17H14FN3O2. The molecule has 0 spiro atoms. The van der Waals surface area contributed by atoms with Crippen LogP contribution in [-0.4, -0.2) is 21.0 Å². The first-order valence-corrected chi connectivity index (χ1v) is 7.03. The van der Waals surface area contributed by atoms with Gasteiger partial charge in [0.2, 0.25) is 0 Å². The summed E-state index contributed by atoms with van der Waals surface area (Å²) in [5, 5.41) is 7.97. The normalized spacial score (nSPS) is 10.5. The molecule has 0 atom stereocenters. The number of carbonyl (C=O) groups excluding carboxylic acids is 1. The molecule has 0 aliphatic rings. The van der Waals surface area contributed by atoms with E-state index >= 15 is 0 Å². The van der Waals surface area contributed by atoms with Gasteiger partial charge in [0.15, 0.2) is 0 Å². The highest BCUT2D eigenvalue weighted by atomic mass is 19.1. The minimum absolute atomic E-state index is 0.00205. The number of aryl methyl sites for hydroxylation is 1. The minimum Gasteiger partial charge on any atom is -0.455 e.